The Morgan fingerprint density at radius 3 is 2.37 bits per heavy atom. The van der Waals surface area contributed by atoms with Gasteiger partial charge >= 0.3 is 0 Å². The first-order chi connectivity index (χ1) is 37.4. The Morgan fingerprint density at radius 1 is 0.936 bits per heavy atom. The monoisotopic (exact) mass is 1090 g/mol. The summed E-state index contributed by atoms with van der Waals surface area (Å²) in [6.45, 7) is 14.6. The molecule has 2 saturated carbocycles. The Morgan fingerprint density at radius 2 is 1.68 bits per heavy atom. The fraction of sp³-hybridized carbons (Fsp3) is 0.557. The lowest BCUT2D eigenvalue weighted by molar-refractivity contribution is -0.144. The van der Waals surface area contributed by atoms with Gasteiger partial charge in [0.05, 0.1) is 66.6 Å². The van der Waals surface area contributed by atoms with E-state index in [-0.39, 0.29) is 41.7 Å². The molecule has 4 atom stereocenters. The van der Waals surface area contributed by atoms with Crippen molar-refractivity contribution >= 4 is 45.7 Å². The molecule has 0 unspecified atom stereocenters. The summed E-state index contributed by atoms with van der Waals surface area (Å²) in [5, 5.41) is 35.2. The predicted octanol–water partition coefficient (Wildman–Crippen LogP) is 9.25. The number of aryl methyl sites for hydroxylation is 1. The largest absolute Gasteiger partial charge is 0.391 e. The Bertz CT molecular complexity index is 3260. The summed E-state index contributed by atoms with van der Waals surface area (Å²) >= 11 is 8.25. The molecule has 2 aliphatic carbocycles. The second-order valence-electron chi connectivity index (χ2n) is 25.3. The average Bonchev–Trinajstić information content (AvgIpc) is 4.28. The molecule has 2 amide bonds. The zero-order valence-corrected chi connectivity index (χ0v) is 47.4. The second-order valence-corrected chi connectivity index (χ2v) is 26.6. The topological polar surface area (TPSA) is 175 Å². The molecule has 412 valence electrons. The van der Waals surface area contributed by atoms with Crippen molar-refractivity contribution in [2.45, 2.75) is 159 Å². The number of rotatable bonds is 12. The molecule has 3 saturated heterocycles. The van der Waals surface area contributed by atoms with Crippen LogP contribution in [0.25, 0.3) is 27.0 Å². The van der Waals surface area contributed by atoms with Gasteiger partial charge < -0.3 is 25.3 Å². The summed E-state index contributed by atoms with van der Waals surface area (Å²) in [6.07, 6.45) is 13.2. The molecule has 7 heterocycles. The Hall–Kier alpha value is -5.36. The van der Waals surface area contributed by atoms with Crippen molar-refractivity contribution in [2.24, 2.45) is 11.3 Å². The third-order valence-electron chi connectivity index (χ3n) is 18.5. The molecule has 3 aromatic carbocycles. The van der Waals surface area contributed by atoms with E-state index < -0.39 is 35.2 Å². The number of carbonyl (C=O) groups is 2. The van der Waals surface area contributed by atoms with Gasteiger partial charge in [0.15, 0.2) is 0 Å². The molecule has 1 spiro atoms. The lowest BCUT2D eigenvalue weighted by Crippen LogP contribution is -2.61. The van der Waals surface area contributed by atoms with Crippen molar-refractivity contribution in [3.8, 4) is 16.1 Å². The number of halogens is 1. The minimum absolute atomic E-state index is 0.0503. The number of nitrogens with one attached hydrogen (secondary N) is 1. The minimum atomic E-state index is -0.873. The first-order valence-corrected chi connectivity index (χ1v) is 29.9. The molecule has 0 radical (unpaired) electrons. The highest BCUT2D eigenvalue weighted by molar-refractivity contribution is 7.13. The van der Waals surface area contributed by atoms with Crippen LogP contribution in [0.1, 0.15) is 163 Å². The first kappa shape index (κ1) is 53.3. The van der Waals surface area contributed by atoms with Gasteiger partial charge in [-0.05, 0) is 136 Å². The van der Waals surface area contributed by atoms with Gasteiger partial charge in [-0.15, -0.1) is 16.4 Å². The van der Waals surface area contributed by atoms with Crippen LogP contribution < -0.4 is 10.9 Å². The smallest absolute Gasteiger partial charge is 0.282 e. The number of amides is 2. The molecular weight excluding hydrogens is 1020 g/mol. The predicted molar refractivity (Wildman–Crippen MR) is 304 cm³/mol. The zero-order valence-electron chi connectivity index (χ0n) is 45.8. The fourth-order valence-electron chi connectivity index (χ4n) is 14.6. The van der Waals surface area contributed by atoms with Gasteiger partial charge in [-0.3, -0.25) is 23.9 Å². The van der Waals surface area contributed by atoms with Crippen LogP contribution in [0.5, 0.6) is 0 Å². The summed E-state index contributed by atoms with van der Waals surface area (Å²) in [5.41, 5.74) is 8.57. The molecule has 3 aromatic heterocycles. The molecule has 78 heavy (non-hydrogen) atoms. The number of hydrogen-bond donors (Lipinski definition) is 3. The van der Waals surface area contributed by atoms with E-state index in [4.69, 9.17) is 21.7 Å². The highest BCUT2D eigenvalue weighted by atomic mass is 35.5. The number of aliphatic hydroxyl groups is 2. The third kappa shape index (κ3) is 10.0. The summed E-state index contributed by atoms with van der Waals surface area (Å²) in [4.78, 5) is 59.6. The molecule has 0 bridgehead atoms. The SMILES string of the molecule is Cc1ncsc1-c1ccc([C@H](CN2CC(C)(O)C2)NC(=O)[C@@H]2C[C@@H](O)CN2C(=O)[C@@H](n2cc(C3CCC(CN4CCC(c5ccc6c(c5)-n5c(nc(=O)c7c(Cl)cccc75)C65CCCCC5)CC4)CC3)nn2)C(C)(C)C)cc1. The number of carbonyl (C=O) groups excluding carboxylic acids is 2. The van der Waals surface area contributed by atoms with Crippen LogP contribution in [0, 0.1) is 18.3 Å². The molecule has 3 N–H and O–H groups in total. The normalized spacial score (nSPS) is 24.2. The van der Waals surface area contributed by atoms with E-state index in [2.05, 4.69) is 60.2 Å². The third-order valence-corrected chi connectivity index (χ3v) is 19.8. The first-order valence-electron chi connectivity index (χ1n) is 28.7. The average molecular weight is 1100 g/mol. The highest BCUT2D eigenvalue weighted by Gasteiger charge is 2.48. The molecule has 5 fully saturated rings. The maximum absolute atomic E-state index is 14.9. The van der Waals surface area contributed by atoms with Crippen LogP contribution in [0.3, 0.4) is 0 Å². The second kappa shape index (κ2) is 20.9. The number of hydrogen-bond acceptors (Lipinski definition) is 12. The standard InChI is InChI=1S/C61H75ClN10O5S/c1-37-53(78-36-63-37)42-18-16-40(17-19-42)47(32-69-34-60(5,77)35-69)64-55(74)51-29-44(73)31-70(51)57(76)54(59(2,3)4)71-33-48(66-67-71)41-14-12-38(13-15-41)30-68-26-22-39(23-27-68)43-20-21-45-50(28-43)72-49-11-9-10-46(62)52(49)56(75)65-58(72)61(45)24-7-6-8-25-61/h9-11,16-21,28,33,36,38-39,41,44,47,51,54,73,77H,6-8,12-15,22-27,29-32,34-35H2,1-5H3,(H,64,74)/t38?,41?,44-,47+,51+,54-/m1/s1. The van der Waals surface area contributed by atoms with E-state index in [0.717, 1.165) is 123 Å². The molecule has 6 aromatic rings. The molecule has 12 rings (SSSR count). The Balaban J connectivity index is 0.676. The maximum atomic E-state index is 14.9. The number of fused-ring (bicyclic) bond motifs is 7. The molecule has 15 nitrogen and oxygen atoms in total. The summed E-state index contributed by atoms with van der Waals surface area (Å²) in [6, 6.07) is 19.0. The van der Waals surface area contributed by atoms with Gasteiger partial charge in [-0.2, -0.15) is 4.98 Å². The van der Waals surface area contributed by atoms with Gasteiger partial charge in [0.1, 0.15) is 17.9 Å². The van der Waals surface area contributed by atoms with Gasteiger partial charge in [0, 0.05) is 51.3 Å². The number of aliphatic hydroxyl groups excluding tert-OH is 1. The number of nitrogens with zero attached hydrogens (tertiary/aromatic N) is 9. The van der Waals surface area contributed by atoms with Crippen LogP contribution in [-0.4, -0.2) is 130 Å². The lowest BCUT2D eigenvalue weighted by Gasteiger charge is -2.45. The molecule has 17 heteroatoms. The summed E-state index contributed by atoms with van der Waals surface area (Å²) in [5.74, 6) is 1.63. The Kier molecular flexibility index (Phi) is 14.3. The molecule has 4 aliphatic heterocycles. The van der Waals surface area contributed by atoms with Crippen molar-refractivity contribution in [1.82, 2.24) is 49.5 Å². The number of β-amino-alcohol motifs (C(OH)–C–C–N with tert-alkyl or cyclic N) is 2. The van der Waals surface area contributed by atoms with Gasteiger partial charge in [0.25, 0.3) is 5.56 Å². The van der Waals surface area contributed by atoms with Crippen molar-refractivity contribution in [3.63, 3.8) is 0 Å². The zero-order chi connectivity index (χ0) is 54.3. The Labute approximate surface area is 466 Å². The minimum Gasteiger partial charge on any atom is -0.391 e. The van der Waals surface area contributed by atoms with Crippen molar-refractivity contribution < 1.29 is 19.8 Å². The van der Waals surface area contributed by atoms with Gasteiger partial charge in [-0.1, -0.05) is 99.3 Å². The van der Waals surface area contributed by atoms with Gasteiger partial charge in [-0.25, -0.2) is 9.67 Å². The van der Waals surface area contributed by atoms with Crippen molar-refractivity contribution in [2.75, 3.05) is 45.8 Å². The number of benzene rings is 3. The van der Waals surface area contributed by atoms with E-state index in [9.17, 15) is 24.6 Å². The van der Waals surface area contributed by atoms with Crippen molar-refractivity contribution in [3.05, 3.63) is 122 Å². The summed E-state index contributed by atoms with van der Waals surface area (Å²) < 4.78 is 3.98. The van der Waals surface area contributed by atoms with Gasteiger partial charge in [0.2, 0.25) is 11.8 Å². The maximum Gasteiger partial charge on any atom is 0.282 e. The van der Waals surface area contributed by atoms with E-state index >= 15 is 0 Å². The van der Waals surface area contributed by atoms with Crippen LogP contribution in [0.4, 0.5) is 0 Å². The molecular formula is C61H75ClN10O5S. The number of thiazole rings is 1. The highest BCUT2D eigenvalue weighted by Crippen LogP contribution is 2.52. The number of likely N-dealkylation sites (tertiary alicyclic amines) is 3. The van der Waals surface area contributed by atoms with E-state index in [1.54, 1.807) is 27.0 Å². The van der Waals surface area contributed by atoms with Crippen LogP contribution in [-0.2, 0) is 15.0 Å². The summed E-state index contributed by atoms with van der Waals surface area (Å²) in [7, 11) is 0. The van der Waals surface area contributed by atoms with Crippen molar-refractivity contribution in [1.29, 1.82) is 0 Å². The fourth-order valence-corrected chi connectivity index (χ4v) is 15.7. The van der Waals surface area contributed by atoms with E-state index in [1.807, 2.05) is 70.6 Å². The van der Waals surface area contributed by atoms with Crippen LogP contribution in [0.2, 0.25) is 5.02 Å². The number of aromatic nitrogens is 6. The van der Waals surface area contributed by atoms with E-state index in [0.29, 0.717) is 41.9 Å². The van der Waals surface area contributed by atoms with Crippen LogP contribution >= 0.6 is 22.9 Å². The van der Waals surface area contributed by atoms with Crippen LogP contribution in [0.15, 0.2) is 77.2 Å². The van der Waals surface area contributed by atoms with E-state index in [1.165, 1.54) is 23.2 Å². The lowest BCUT2D eigenvalue weighted by atomic mass is 9.69. The quantitative estimate of drug-likeness (QED) is 0.107. The number of piperidine rings is 1. The molecule has 6 aliphatic rings.